The largest absolute Gasteiger partial charge is 0.507 e. The van der Waals surface area contributed by atoms with Crippen molar-refractivity contribution in [1.29, 1.82) is 0 Å². The molecule has 3 heteroatoms. The molecule has 1 atom stereocenters. The molecule has 4 rings (SSSR count). The van der Waals surface area contributed by atoms with Crippen molar-refractivity contribution in [3.8, 4) is 5.75 Å². The zero-order chi connectivity index (χ0) is 20.8. The van der Waals surface area contributed by atoms with Crippen LogP contribution in [0.25, 0.3) is 0 Å². The first-order valence-corrected chi connectivity index (χ1v) is 9.89. The fourth-order valence-electron chi connectivity index (χ4n) is 3.69. The Balaban J connectivity index is 1.91. The zero-order valence-corrected chi connectivity index (χ0v) is 16.5. The molecule has 4 aromatic rings. The van der Waals surface area contributed by atoms with Gasteiger partial charge in [-0.1, -0.05) is 103 Å². The molecule has 0 fully saturated rings. The van der Waals surface area contributed by atoms with Crippen molar-refractivity contribution in [3.05, 3.63) is 138 Å². The van der Waals surface area contributed by atoms with E-state index in [-0.39, 0.29) is 5.75 Å². The summed E-state index contributed by atoms with van der Waals surface area (Å²) >= 11 is 0. The summed E-state index contributed by atoms with van der Waals surface area (Å²) in [7, 11) is 0. The van der Waals surface area contributed by atoms with Crippen LogP contribution in [0.4, 0.5) is 0 Å². The van der Waals surface area contributed by atoms with Crippen LogP contribution in [0.3, 0.4) is 0 Å². The summed E-state index contributed by atoms with van der Waals surface area (Å²) in [5.74, 6) is 0.149. The summed E-state index contributed by atoms with van der Waals surface area (Å²) in [6.07, 6.45) is 1.63. The van der Waals surface area contributed by atoms with E-state index in [2.05, 4.69) is 0 Å². The van der Waals surface area contributed by atoms with Crippen molar-refractivity contribution in [2.75, 3.05) is 0 Å². The summed E-state index contributed by atoms with van der Waals surface area (Å²) in [6, 6.07) is 35.3. The van der Waals surface area contributed by atoms with Crippen LogP contribution in [-0.4, -0.2) is 16.4 Å². The van der Waals surface area contributed by atoms with Crippen molar-refractivity contribution in [2.45, 2.75) is 11.6 Å². The molecule has 0 saturated heterocycles. The van der Waals surface area contributed by atoms with Gasteiger partial charge in [-0.15, -0.1) is 0 Å². The molecule has 0 radical (unpaired) electrons. The Morgan fingerprint density at radius 3 is 1.63 bits per heavy atom. The van der Waals surface area contributed by atoms with E-state index in [4.69, 9.17) is 4.99 Å². The van der Waals surface area contributed by atoms with E-state index in [0.717, 1.165) is 16.7 Å². The maximum absolute atomic E-state index is 12.2. The Morgan fingerprint density at radius 2 is 1.10 bits per heavy atom. The number of aromatic hydroxyl groups is 1. The molecule has 0 aliphatic carbocycles. The second-order valence-corrected chi connectivity index (χ2v) is 7.15. The van der Waals surface area contributed by atoms with Crippen molar-refractivity contribution in [3.63, 3.8) is 0 Å². The maximum atomic E-state index is 12.2. The fourth-order valence-corrected chi connectivity index (χ4v) is 3.69. The van der Waals surface area contributed by atoms with Crippen LogP contribution in [-0.2, 0) is 5.60 Å². The molecule has 0 bridgehead atoms. The lowest BCUT2D eigenvalue weighted by Crippen LogP contribution is -2.34. The Labute approximate surface area is 176 Å². The number of hydrogen-bond acceptors (Lipinski definition) is 3. The zero-order valence-electron chi connectivity index (χ0n) is 16.5. The number of hydrogen-bond donors (Lipinski definition) is 2. The molecule has 0 amide bonds. The molecule has 0 spiro atoms. The first-order valence-electron chi connectivity index (χ1n) is 9.89. The Bertz CT molecular complexity index is 1070. The highest BCUT2D eigenvalue weighted by Crippen LogP contribution is 2.43. The SMILES string of the molecule is Oc1ccccc1C=N[C@H](c1ccccc1)C(O)(c1ccccc1)c1ccccc1. The Hall–Kier alpha value is -3.69. The van der Waals surface area contributed by atoms with Crippen LogP contribution < -0.4 is 0 Å². The number of nitrogens with zero attached hydrogens (tertiary/aromatic N) is 1. The summed E-state index contributed by atoms with van der Waals surface area (Å²) in [6.45, 7) is 0. The Kier molecular flexibility index (Phi) is 5.73. The molecule has 2 N–H and O–H groups in total. The van der Waals surface area contributed by atoms with Crippen LogP contribution in [0, 0.1) is 0 Å². The third kappa shape index (κ3) is 3.88. The van der Waals surface area contributed by atoms with Gasteiger partial charge in [-0.05, 0) is 28.8 Å². The number of para-hydroxylation sites is 1. The summed E-state index contributed by atoms with van der Waals surface area (Å²) < 4.78 is 0. The number of aliphatic imine (C=N–C) groups is 1. The second-order valence-electron chi connectivity index (χ2n) is 7.15. The van der Waals surface area contributed by atoms with Gasteiger partial charge in [0, 0.05) is 11.8 Å². The lowest BCUT2D eigenvalue weighted by molar-refractivity contribution is 0.0523. The quantitative estimate of drug-likeness (QED) is 0.426. The van der Waals surface area contributed by atoms with Crippen LogP contribution in [0.5, 0.6) is 5.75 Å². The number of phenols is 1. The van der Waals surface area contributed by atoms with E-state index in [1.54, 1.807) is 24.4 Å². The predicted octanol–water partition coefficient (Wildman–Crippen LogP) is 5.49. The monoisotopic (exact) mass is 393 g/mol. The van der Waals surface area contributed by atoms with E-state index in [1.165, 1.54) is 0 Å². The van der Waals surface area contributed by atoms with Crippen molar-refractivity contribution in [1.82, 2.24) is 0 Å². The van der Waals surface area contributed by atoms with E-state index in [1.807, 2.05) is 97.1 Å². The third-order valence-electron chi connectivity index (χ3n) is 5.24. The van der Waals surface area contributed by atoms with E-state index in [9.17, 15) is 10.2 Å². The van der Waals surface area contributed by atoms with Gasteiger partial charge in [-0.2, -0.15) is 0 Å². The summed E-state index contributed by atoms with van der Waals surface area (Å²) in [5, 5.41) is 22.4. The topological polar surface area (TPSA) is 52.8 Å². The molecule has 0 heterocycles. The molecule has 0 aliphatic rings. The molecular weight excluding hydrogens is 370 g/mol. The van der Waals surface area contributed by atoms with Gasteiger partial charge in [0.25, 0.3) is 0 Å². The number of benzene rings is 4. The molecule has 3 nitrogen and oxygen atoms in total. The van der Waals surface area contributed by atoms with Crippen LogP contribution >= 0.6 is 0 Å². The number of aliphatic hydroxyl groups is 1. The molecular formula is C27H23NO2. The molecule has 0 unspecified atom stereocenters. The third-order valence-corrected chi connectivity index (χ3v) is 5.24. The van der Waals surface area contributed by atoms with Gasteiger partial charge in [0.2, 0.25) is 0 Å². The van der Waals surface area contributed by atoms with Gasteiger partial charge in [-0.25, -0.2) is 0 Å². The standard InChI is InChI=1S/C27H23NO2/c29-25-19-11-10-14-22(25)20-28-26(21-12-4-1-5-13-21)27(30,23-15-6-2-7-16-23)24-17-8-3-9-18-24/h1-20,26,29-30H/t26-/m1/s1. The van der Waals surface area contributed by atoms with Gasteiger partial charge in [-0.3, -0.25) is 4.99 Å². The first-order chi connectivity index (χ1) is 14.7. The average Bonchev–Trinajstić information content (AvgIpc) is 2.82. The molecule has 0 aliphatic heterocycles. The fraction of sp³-hybridized carbons (Fsp3) is 0.0741. The van der Waals surface area contributed by atoms with Crippen LogP contribution in [0.2, 0.25) is 0 Å². The van der Waals surface area contributed by atoms with E-state index < -0.39 is 11.6 Å². The van der Waals surface area contributed by atoms with Gasteiger partial charge >= 0.3 is 0 Å². The lowest BCUT2D eigenvalue weighted by atomic mass is 9.77. The van der Waals surface area contributed by atoms with Crippen LogP contribution in [0.15, 0.2) is 120 Å². The molecule has 30 heavy (non-hydrogen) atoms. The van der Waals surface area contributed by atoms with Gasteiger partial charge < -0.3 is 10.2 Å². The van der Waals surface area contributed by atoms with E-state index in [0.29, 0.717) is 5.56 Å². The molecule has 0 aromatic heterocycles. The Morgan fingerprint density at radius 1 is 0.633 bits per heavy atom. The minimum absolute atomic E-state index is 0.149. The van der Waals surface area contributed by atoms with Gasteiger partial charge in [0.05, 0.1) is 0 Å². The first kappa shape index (κ1) is 19.6. The lowest BCUT2D eigenvalue weighted by Gasteiger charge is -2.35. The minimum Gasteiger partial charge on any atom is -0.507 e. The molecule has 148 valence electrons. The normalized spacial score (nSPS) is 12.7. The summed E-state index contributed by atoms with van der Waals surface area (Å²) in [5.41, 5.74) is 1.57. The highest BCUT2D eigenvalue weighted by atomic mass is 16.3. The van der Waals surface area contributed by atoms with Gasteiger partial charge in [0.1, 0.15) is 17.4 Å². The minimum atomic E-state index is -1.40. The maximum Gasteiger partial charge on any atom is 0.141 e. The molecule has 4 aromatic carbocycles. The number of phenolic OH excluding ortho intramolecular Hbond substituents is 1. The highest BCUT2D eigenvalue weighted by Gasteiger charge is 2.41. The summed E-state index contributed by atoms with van der Waals surface area (Å²) in [4.78, 5) is 4.81. The molecule has 0 saturated carbocycles. The average molecular weight is 393 g/mol. The van der Waals surface area contributed by atoms with Crippen molar-refractivity contribution >= 4 is 6.21 Å². The van der Waals surface area contributed by atoms with Crippen molar-refractivity contribution < 1.29 is 10.2 Å². The van der Waals surface area contributed by atoms with E-state index >= 15 is 0 Å². The smallest absolute Gasteiger partial charge is 0.141 e. The van der Waals surface area contributed by atoms with Crippen molar-refractivity contribution in [2.24, 2.45) is 4.99 Å². The van der Waals surface area contributed by atoms with Crippen LogP contribution in [0.1, 0.15) is 28.3 Å². The second kappa shape index (κ2) is 8.76. The highest BCUT2D eigenvalue weighted by molar-refractivity contribution is 5.83. The number of rotatable bonds is 6. The van der Waals surface area contributed by atoms with Gasteiger partial charge in [0.15, 0.2) is 0 Å². The predicted molar refractivity (Wildman–Crippen MR) is 121 cm³/mol.